The highest BCUT2D eigenvalue weighted by molar-refractivity contribution is 7.13. The van der Waals surface area contributed by atoms with Crippen LogP contribution in [0.5, 0.6) is 0 Å². The first kappa shape index (κ1) is 16.6. The SMILES string of the molecule is CN1C(=O)Cc2cc(-c3csc(-c4cccc(-c5nnc(N)o5)c4)n3)ccc21. The van der Waals surface area contributed by atoms with E-state index in [-0.39, 0.29) is 11.9 Å². The molecule has 2 aromatic heterocycles. The Hall–Kier alpha value is -3.52. The quantitative estimate of drug-likeness (QED) is 0.575. The molecule has 138 valence electrons. The monoisotopic (exact) mass is 389 g/mol. The molecule has 28 heavy (non-hydrogen) atoms. The summed E-state index contributed by atoms with van der Waals surface area (Å²) < 4.78 is 5.30. The van der Waals surface area contributed by atoms with Crippen molar-refractivity contribution in [3.05, 3.63) is 53.4 Å². The minimum atomic E-state index is 0.0395. The van der Waals surface area contributed by atoms with E-state index in [2.05, 4.69) is 10.2 Å². The molecule has 4 aromatic rings. The second-order valence-electron chi connectivity index (χ2n) is 6.54. The first-order valence-corrected chi connectivity index (χ1v) is 9.51. The Morgan fingerprint density at radius 3 is 2.79 bits per heavy atom. The zero-order valence-electron chi connectivity index (χ0n) is 14.9. The second kappa shape index (κ2) is 6.28. The third kappa shape index (κ3) is 2.74. The largest absolute Gasteiger partial charge is 0.404 e. The van der Waals surface area contributed by atoms with Gasteiger partial charge in [0.1, 0.15) is 5.01 Å². The summed E-state index contributed by atoms with van der Waals surface area (Å²) in [7, 11) is 1.80. The summed E-state index contributed by atoms with van der Waals surface area (Å²) in [5, 5.41) is 10.5. The predicted octanol–water partition coefficient (Wildman–Crippen LogP) is 3.63. The number of aromatic nitrogens is 3. The lowest BCUT2D eigenvalue weighted by Gasteiger charge is -2.09. The van der Waals surface area contributed by atoms with Crippen molar-refractivity contribution in [1.82, 2.24) is 15.2 Å². The first-order chi connectivity index (χ1) is 13.6. The summed E-state index contributed by atoms with van der Waals surface area (Å²) in [5.74, 6) is 0.494. The highest BCUT2D eigenvalue weighted by atomic mass is 32.1. The van der Waals surface area contributed by atoms with E-state index in [0.29, 0.717) is 12.3 Å². The molecule has 1 amide bonds. The standard InChI is InChI=1S/C20H15N5O2S/c1-25-16-6-5-11(7-14(16)9-17(25)26)15-10-28-19(22-15)13-4-2-3-12(8-13)18-23-24-20(21)27-18/h2-8,10H,9H2,1H3,(H2,21,24). The van der Waals surface area contributed by atoms with Gasteiger partial charge in [-0.1, -0.05) is 23.3 Å². The Morgan fingerprint density at radius 1 is 1.11 bits per heavy atom. The molecule has 2 N–H and O–H groups in total. The maximum absolute atomic E-state index is 11.9. The van der Waals surface area contributed by atoms with Gasteiger partial charge >= 0.3 is 6.01 Å². The normalized spacial score (nSPS) is 13.2. The number of fused-ring (bicyclic) bond motifs is 1. The van der Waals surface area contributed by atoms with Gasteiger partial charge in [0, 0.05) is 34.8 Å². The van der Waals surface area contributed by atoms with E-state index >= 15 is 0 Å². The molecule has 0 saturated heterocycles. The number of carbonyl (C=O) groups excluding carboxylic acids is 1. The van der Waals surface area contributed by atoms with Crippen molar-refractivity contribution < 1.29 is 9.21 Å². The molecule has 0 bridgehead atoms. The van der Waals surface area contributed by atoms with Gasteiger partial charge in [-0.2, -0.15) is 0 Å². The van der Waals surface area contributed by atoms with Gasteiger partial charge in [0.15, 0.2) is 0 Å². The van der Waals surface area contributed by atoms with Gasteiger partial charge in [-0.05, 0) is 29.8 Å². The molecular weight excluding hydrogens is 374 g/mol. The van der Waals surface area contributed by atoms with E-state index in [1.807, 2.05) is 47.8 Å². The van der Waals surface area contributed by atoms with Crippen LogP contribution >= 0.6 is 11.3 Å². The number of hydrogen-bond acceptors (Lipinski definition) is 7. The van der Waals surface area contributed by atoms with Crippen LogP contribution in [0, 0.1) is 0 Å². The molecule has 0 unspecified atom stereocenters. The second-order valence-corrected chi connectivity index (χ2v) is 7.40. The molecule has 0 fully saturated rings. The third-order valence-electron chi connectivity index (χ3n) is 4.75. The van der Waals surface area contributed by atoms with Gasteiger partial charge in [0.05, 0.1) is 12.1 Å². The summed E-state index contributed by atoms with van der Waals surface area (Å²) >= 11 is 1.56. The maximum atomic E-state index is 11.9. The number of likely N-dealkylation sites (N-methyl/N-ethyl adjacent to an activating group) is 1. The molecule has 1 aliphatic heterocycles. The Bertz CT molecular complexity index is 1210. The van der Waals surface area contributed by atoms with E-state index in [1.165, 1.54) is 0 Å². The molecule has 0 spiro atoms. The topological polar surface area (TPSA) is 98.1 Å². The minimum absolute atomic E-state index is 0.0395. The van der Waals surface area contributed by atoms with Gasteiger partial charge in [0.2, 0.25) is 11.8 Å². The molecule has 7 nitrogen and oxygen atoms in total. The van der Waals surface area contributed by atoms with Crippen LogP contribution in [0.2, 0.25) is 0 Å². The number of nitrogens with zero attached hydrogens (tertiary/aromatic N) is 4. The fraction of sp³-hybridized carbons (Fsp3) is 0.100. The lowest BCUT2D eigenvalue weighted by atomic mass is 10.1. The van der Waals surface area contributed by atoms with Gasteiger partial charge in [-0.25, -0.2) is 4.98 Å². The molecule has 5 rings (SSSR count). The average molecular weight is 389 g/mol. The fourth-order valence-corrected chi connectivity index (χ4v) is 4.13. The highest BCUT2D eigenvalue weighted by Gasteiger charge is 2.24. The van der Waals surface area contributed by atoms with Gasteiger partial charge in [-0.3, -0.25) is 4.79 Å². The molecule has 0 radical (unpaired) electrons. The number of benzene rings is 2. The highest BCUT2D eigenvalue weighted by Crippen LogP contribution is 2.35. The van der Waals surface area contributed by atoms with Crippen LogP contribution in [0.15, 0.2) is 52.3 Å². The number of hydrogen-bond donors (Lipinski definition) is 1. The first-order valence-electron chi connectivity index (χ1n) is 8.63. The van der Waals surface area contributed by atoms with Crippen LogP contribution in [0.25, 0.3) is 33.3 Å². The summed E-state index contributed by atoms with van der Waals surface area (Å²) in [5.41, 5.74) is 11.2. The summed E-state index contributed by atoms with van der Waals surface area (Å²) in [6.45, 7) is 0. The Morgan fingerprint density at radius 2 is 1.96 bits per heavy atom. The zero-order valence-corrected chi connectivity index (χ0v) is 15.7. The predicted molar refractivity (Wildman–Crippen MR) is 108 cm³/mol. The molecule has 8 heteroatoms. The van der Waals surface area contributed by atoms with E-state index < -0.39 is 0 Å². The van der Waals surface area contributed by atoms with E-state index in [9.17, 15) is 4.79 Å². The summed E-state index contributed by atoms with van der Waals surface area (Å²) in [6, 6.07) is 13.8. The van der Waals surface area contributed by atoms with Crippen molar-refractivity contribution in [1.29, 1.82) is 0 Å². The van der Waals surface area contributed by atoms with Crippen LogP contribution in [0.4, 0.5) is 11.7 Å². The Balaban J connectivity index is 1.48. The molecular formula is C20H15N5O2S. The Labute approximate surface area is 164 Å². The Kier molecular flexibility index (Phi) is 3.73. The van der Waals surface area contributed by atoms with Gasteiger partial charge in [0.25, 0.3) is 0 Å². The summed E-state index contributed by atoms with van der Waals surface area (Å²) in [4.78, 5) is 18.4. The fourth-order valence-electron chi connectivity index (χ4n) is 3.30. The molecule has 1 aliphatic rings. The van der Waals surface area contributed by atoms with Gasteiger partial charge < -0.3 is 15.1 Å². The van der Waals surface area contributed by atoms with Crippen molar-refractivity contribution in [3.8, 4) is 33.3 Å². The number of carbonyl (C=O) groups is 1. The smallest absolute Gasteiger partial charge is 0.313 e. The number of nitrogens with two attached hydrogens (primary N) is 1. The van der Waals surface area contributed by atoms with Crippen molar-refractivity contribution in [2.24, 2.45) is 0 Å². The van der Waals surface area contributed by atoms with Crippen LogP contribution < -0.4 is 10.6 Å². The van der Waals surface area contributed by atoms with Crippen LogP contribution in [-0.2, 0) is 11.2 Å². The van der Waals surface area contributed by atoms with Crippen LogP contribution in [-0.4, -0.2) is 28.1 Å². The number of amides is 1. The summed E-state index contributed by atoms with van der Waals surface area (Å²) in [6.07, 6.45) is 0.437. The minimum Gasteiger partial charge on any atom is -0.404 e. The van der Waals surface area contributed by atoms with Crippen molar-refractivity contribution in [2.45, 2.75) is 6.42 Å². The van der Waals surface area contributed by atoms with Crippen LogP contribution in [0.1, 0.15) is 5.56 Å². The molecule has 2 aromatic carbocycles. The van der Waals surface area contributed by atoms with Crippen LogP contribution in [0.3, 0.4) is 0 Å². The lowest BCUT2D eigenvalue weighted by molar-refractivity contribution is -0.117. The van der Waals surface area contributed by atoms with E-state index in [1.54, 1.807) is 23.3 Å². The molecule has 0 atom stereocenters. The number of nitrogen functional groups attached to an aromatic ring is 1. The molecule has 3 heterocycles. The zero-order chi connectivity index (χ0) is 19.3. The van der Waals surface area contributed by atoms with E-state index in [0.717, 1.165) is 38.6 Å². The number of anilines is 2. The molecule has 0 saturated carbocycles. The van der Waals surface area contributed by atoms with Crippen molar-refractivity contribution in [3.63, 3.8) is 0 Å². The maximum Gasteiger partial charge on any atom is 0.313 e. The lowest BCUT2D eigenvalue weighted by Crippen LogP contribution is -2.20. The number of rotatable bonds is 3. The van der Waals surface area contributed by atoms with Crippen molar-refractivity contribution >= 4 is 28.9 Å². The number of thiazole rings is 1. The van der Waals surface area contributed by atoms with Gasteiger partial charge in [-0.15, -0.1) is 16.4 Å². The third-order valence-corrected chi connectivity index (χ3v) is 5.65. The molecule has 0 aliphatic carbocycles. The average Bonchev–Trinajstić information content (AvgIpc) is 3.42. The van der Waals surface area contributed by atoms with Crippen molar-refractivity contribution in [2.75, 3.05) is 17.7 Å². The van der Waals surface area contributed by atoms with E-state index in [4.69, 9.17) is 15.1 Å².